The number of halogens is 2. The van der Waals surface area contributed by atoms with Crippen molar-refractivity contribution in [1.82, 2.24) is 0 Å². The maximum atomic E-state index is 13.0. The number of rotatable bonds is 3. The third-order valence-electron chi connectivity index (χ3n) is 2.88. The van der Waals surface area contributed by atoms with Crippen molar-refractivity contribution in [3.05, 3.63) is 34.1 Å². The fraction of sp³-hybridized carbons (Fsp3) is 0.462. The number of benzene rings is 1. The Labute approximate surface area is 123 Å². The van der Waals surface area contributed by atoms with E-state index in [1.165, 1.54) is 12.1 Å². The van der Waals surface area contributed by atoms with Crippen LogP contribution in [0.2, 0.25) is 0 Å². The number of carbonyl (C=O) groups excluding carboxylic acids is 1. The van der Waals surface area contributed by atoms with E-state index >= 15 is 0 Å². The molecular weight excluding hydrogens is 335 g/mol. The van der Waals surface area contributed by atoms with Crippen molar-refractivity contribution >= 4 is 45.2 Å². The Kier molecular flexibility index (Phi) is 5.15. The molecule has 1 aromatic rings. The van der Waals surface area contributed by atoms with Crippen molar-refractivity contribution in [2.75, 3.05) is 11.5 Å². The third kappa shape index (κ3) is 3.52. The van der Waals surface area contributed by atoms with Crippen molar-refractivity contribution in [2.45, 2.75) is 23.8 Å². The summed E-state index contributed by atoms with van der Waals surface area (Å²) in [7, 11) is 0. The molecule has 1 fully saturated rings. The predicted octanol–water partition coefficient (Wildman–Crippen LogP) is 3.94. The molecule has 0 saturated carbocycles. The Morgan fingerprint density at radius 1 is 1.44 bits per heavy atom. The zero-order valence-corrected chi connectivity index (χ0v) is 13.2. The van der Waals surface area contributed by atoms with Gasteiger partial charge in [-0.1, -0.05) is 28.9 Å². The molecule has 0 bridgehead atoms. The van der Waals surface area contributed by atoms with E-state index in [-0.39, 0.29) is 16.9 Å². The van der Waals surface area contributed by atoms with Gasteiger partial charge in [0.05, 0.1) is 5.25 Å². The van der Waals surface area contributed by atoms with E-state index in [2.05, 4.69) is 22.9 Å². The van der Waals surface area contributed by atoms with Crippen LogP contribution in [-0.2, 0) is 11.2 Å². The van der Waals surface area contributed by atoms with Crippen LogP contribution in [0.1, 0.15) is 12.5 Å². The highest BCUT2D eigenvalue weighted by molar-refractivity contribution is 9.10. The molecule has 0 radical (unpaired) electrons. The summed E-state index contributed by atoms with van der Waals surface area (Å²) < 4.78 is 13.7. The SMILES string of the molecule is CC1SCCSC1C(=O)Cc1ccc(F)cc1Br. The first-order valence-corrected chi connectivity index (χ1v) is 8.67. The molecule has 5 heteroatoms. The van der Waals surface area contributed by atoms with E-state index in [0.717, 1.165) is 17.1 Å². The molecule has 1 aliphatic rings. The lowest BCUT2D eigenvalue weighted by Crippen LogP contribution is -2.32. The fourth-order valence-electron chi connectivity index (χ4n) is 1.94. The summed E-state index contributed by atoms with van der Waals surface area (Å²) in [6.07, 6.45) is 0.378. The lowest BCUT2D eigenvalue weighted by atomic mass is 10.1. The van der Waals surface area contributed by atoms with Gasteiger partial charge < -0.3 is 0 Å². The lowest BCUT2D eigenvalue weighted by molar-refractivity contribution is -0.117. The van der Waals surface area contributed by atoms with E-state index in [9.17, 15) is 9.18 Å². The van der Waals surface area contributed by atoms with Gasteiger partial charge in [0, 0.05) is 27.6 Å². The van der Waals surface area contributed by atoms with Crippen LogP contribution in [0.3, 0.4) is 0 Å². The van der Waals surface area contributed by atoms with Crippen LogP contribution in [0, 0.1) is 5.82 Å². The molecular formula is C13H14BrFOS2. The van der Waals surface area contributed by atoms with Crippen molar-refractivity contribution < 1.29 is 9.18 Å². The van der Waals surface area contributed by atoms with Crippen LogP contribution in [0.15, 0.2) is 22.7 Å². The van der Waals surface area contributed by atoms with Crippen LogP contribution in [0.4, 0.5) is 4.39 Å². The lowest BCUT2D eigenvalue weighted by Gasteiger charge is -2.26. The monoisotopic (exact) mass is 348 g/mol. The van der Waals surface area contributed by atoms with Crippen molar-refractivity contribution in [3.8, 4) is 0 Å². The normalized spacial score (nSPS) is 23.9. The maximum absolute atomic E-state index is 13.0. The van der Waals surface area contributed by atoms with E-state index in [0.29, 0.717) is 16.1 Å². The maximum Gasteiger partial charge on any atom is 0.151 e. The molecule has 0 N–H and O–H groups in total. The first-order chi connectivity index (χ1) is 8.58. The average Bonchev–Trinajstić information content (AvgIpc) is 2.33. The fourth-order valence-corrected chi connectivity index (χ4v) is 5.16. The standard InChI is InChI=1S/C13H14BrFOS2/c1-8-13(18-5-4-17-8)12(16)6-9-2-3-10(15)7-11(9)14/h2-3,7-8,13H,4-6H2,1H3. The van der Waals surface area contributed by atoms with E-state index in [1.54, 1.807) is 17.8 Å². The van der Waals surface area contributed by atoms with Gasteiger partial charge >= 0.3 is 0 Å². The zero-order chi connectivity index (χ0) is 13.1. The van der Waals surface area contributed by atoms with Gasteiger partial charge in [-0.3, -0.25) is 4.79 Å². The summed E-state index contributed by atoms with van der Waals surface area (Å²) in [6, 6.07) is 4.50. The summed E-state index contributed by atoms with van der Waals surface area (Å²) in [5.74, 6) is 2.12. The molecule has 0 aliphatic carbocycles. The smallest absolute Gasteiger partial charge is 0.151 e. The van der Waals surface area contributed by atoms with Crippen molar-refractivity contribution in [3.63, 3.8) is 0 Å². The van der Waals surface area contributed by atoms with Gasteiger partial charge in [-0.25, -0.2) is 4.39 Å². The van der Waals surface area contributed by atoms with Crippen LogP contribution in [-0.4, -0.2) is 27.8 Å². The summed E-state index contributed by atoms with van der Waals surface area (Å²) >= 11 is 6.92. The van der Waals surface area contributed by atoms with Gasteiger partial charge in [-0.15, -0.1) is 11.8 Å². The molecule has 2 rings (SSSR count). The van der Waals surface area contributed by atoms with Gasteiger partial charge in [-0.05, 0) is 17.7 Å². The van der Waals surface area contributed by atoms with E-state index < -0.39 is 0 Å². The Morgan fingerprint density at radius 2 is 2.17 bits per heavy atom. The number of Topliss-reactive ketones (excluding diaryl/α,β-unsaturated/α-hetero) is 1. The molecule has 1 aromatic carbocycles. The largest absolute Gasteiger partial charge is 0.298 e. The molecule has 0 aromatic heterocycles. The second-order valence-electron chi connectivity index (χ2n) is 4.25. The van der Waals surface area contributed by atoms with Crippen molar-refractivity contribution in [1.29, 1.82) is 0 Å². The first-order valence-electron chi connectivity index (χ1n) is 5.78. The highest BCUT2D eigenvalue weighted by Gasteiger charge is 2.29. The molecule has 98 valence electrons. The minimum Gasteiger partial charge on any atom is -0.298 e. The number of hydrogen-bond donors (Lipinski definition) is 0. The summed E-state index contributed by atoms with van der Waals surface area (Å²) in [5, 5.41) is 0.441. The number of ketones is 1. The summed E-state index contributed by atoms with van der Waals surface area (Å²) in [4.78, 5) is 12.3. The Bertz CT molecular complexity index is 453. The molecule has 0 amide bonds. The molecule has 1 saturated heterocycles. The van der Waals surface area contributed by atoms with Crippen LogP contribution in [0.25, 0.3) is 0 Å². The van der Waals surface area contributed by atoms with Gasteiger partial charge in [0.25, 0.3) is 0 Å². The molecule has 0 spiro atoms. The Morgan fingerprint density at radius 3 is 2.83 bits per heavy atom. The first kappa shape index (κ1) is 14.4. The second-order valence-corrected chi connectivity index (χ2v) is 7.84. The van der Waals surface area contributed by atoms with Crippen LogP contribution >= 0.6 is 39.5 Å². The number of thioether (sulfide) groups is 2. The molecule has 1 heterocycles. The summed E-state index contributed by atoms with van der Waals surface area (Å²) in [6.45, 7) is 2.11. The average molecular weight is 349 g/mol. The molecule has 2 atom stereocenters. The summed E-state index contributed by atoms with van der Waals surface area (Å²) in [5.41, 5.74) is 0.866. The predicted molar refractivity (Wildman–Crippen MR) is 81.0 cm³/mol. The Balaban J connectivity index is 2.06. The van der Waals surface area contributed by atoms with Crippen molar-refractivity contribution in [2.24, 2.45) is 0 Å². The number of carbonyl (C=O) groups is 1. The molecule has 18 heavy (non-hydrogen) atoms. The van der Waals surface area contributed by atoms with Gasteiger partial charge in [-0.2, -0.15) is 11.8 Å². The molecule has 1 aliphatic heterocycles. The topological polar surface area (TPSA) is 17.1 Å². The van der Waals surface area contributed by atoms with Gasteiger partial charge in [0.15, 0.2) is 5.78 Å². The minimum atomic E-state index is -0.283. The van der Waals surface area contributed by atoms with Gasteiger partial charge in [0.2, 0.25) is 0 Å². The van der Waals surface area contributed by atoms with E-state index in [1.807, 2.05) is 11.8 Å². The van der Waals surface area contributed by atoms with Crippen LogP contribution < -0.4 is 0 Å². The molecule has 1 nitrogen and oxygen atoms in total. The highest BCUT2D eigenvalue weighted by Crippen LogP contribution is 2.32. The zero-order valence-electron chi connectivity index (χ0n) is 9.99. The Hall–Kier alpha value is -0.000000000000000111. The molecule has 2 unspecified atom stereocenters. The minimum absolute atomic E-state index is 0.0701. The van der Waals surface area contributed by atoms with E-state index in [4.69, 9.17) is 0 Å². The highest BCUT2D eigenvalue weighted by atomic mass is 79.9. The van der Waals surface area contributed by atoms with Gasteiger partial charge in [0.1, 0.15) is 5.82 Å². The third-order valence-corrected chi connectivity index (χ3v) is 6.76. The number of hydrogen-bond acceptors (Lipinski definition) is 3. The van der Waals surface area contributed by atoms with Crippen LogP contribution in [0.5, 0.6) is 0 Å². The quantitative estimate of drug-likeness (QED) is 0.823. The second kappa shape index (κ2) is 6.44.